The number of ether oxygens (including phenoxy) is 1. The summed E-state index contributed by atoms with van der Waals surface area (Å²) in [4.78, 5) is 14.8. The molecule has 106 valence electrons. The molecule has 0 bridgehead atoms. The number of carbonyl (C=O) groups is 1. The van der Waals surface area contributed by atoms with Gasteiger partial charge in [-0.05, 0) is 24.6 Å². The standard InChI is InChI=1S/C13H12Br2N2O3/c1-2-20-13(18)11(17-19)3-7-6-16-10-5-8(14)4-9(15)12(7)10/h4-6,16,19H,2-3H2,1H3/b17-11+. The molecule has 2 rings (SSSR count). The second-order valence-corrected chi connectivity index (χ2v) is 5.84. The fraction of sp³-hybridized carbons (Fsp3) is 0.231. The largest absolute Gasteiger partial charge is 0.461 e. The van der Waals surface area contributed by atoms with E-state index in [1.165, 1.54) is 0 Å². The van der Waals surface area contributed by atoms with E-state index in [0.717, 1.165) is 25.4 Å². The second kappa shape index (κ2) is 6.41. The molecule has 0 aliphatic heterocycles. The molecule has 0 spiro atoms. The van der Waals surface area contributed by atoms with Gasteiger partial charge in [-0.2, -0.15) is 0 Å². The topological polar surface area (TPSA) is 74.7 Å². The van der Waals surface area contributed by atoms with E-state index in [0.29, 0.717) is 0 Å². The minimum Gasteiger partial charge on any atom is -0.461 e. The molecule has 2 N–H and O–H groups in total. The van der Waals surface area contributed by atoms with E-state index in [1.807, 2.05) is 12.1 Å². The van der Waals surface area contributed by atoms with Crippen LogP contribution in [0.25, 0.3) is 10.9 Å². The highest BCUT2D eigenvalue weighted by Gasteiger charge is 2.17. The molecule has 0 radical (unpaired) electrons. The average molecular weight is 404 g/mol. The molecule has 0 fully saturated rings. The molecule has 0 atom stereocenters. The van der Waals surface area contributed by atoms with Gasteiger partial charge in [-0.3, -0.25) is 0 Å². The smallest absolute Gasteiger partial charge is 0.356 e. The van der Waals surface area contributed by atoms with Crippen LogP contribution in [0.2, 0.25) is 0 Å². The van der Waals surface area contributed by atoms with E-state index in [9.17, 15) is 4.79 Å². The Morgan fingerprint density at radius 2 is 2.20 bits per heavy atom. The maximum Gasteiger partial charge on any atom is 0.356 e. The first kappa shape index (κ1) is 15.1. The number of esters is 1. The van der Waals surface area contributed by atoms with Crippen molar-refractivity contribution in [2.24, 2.45) is 5.16 Å². The van der Waals surface area contributed by atoms with Gasteiger partial charge in [0.2, 0.25) is 0 Å². The van der Waals surface area contributed by atoms with E-state index in [-0.39, 0.29) is 18.7 Å². The third kappa shape index (κ3) is 3.04. The van der Waals surface area contributed by atoms with Crippen LogP contribution in [0, 0.1) is 0 Å². The predicted molar refractivity (Wildman–Crippen MR) is 83.3 cm³/mol. The summed E-state index contributed by atoms with van der Waals surface area (Å²) in [6.07, 6.45) is 1.97. The number of hydrogen-bond acceptors (Lipinski definition) is 4. The van der Waals surface area contributed by atoms with Crippen LogP contribution in [0.3, 0.4) is 0 Å². The number of aromatic amines is 1. The van der Waals surface area contributed by atoms with Crippen LogP contribution in [-0.4, -0.2) is 28.5 Å². The molecule has 0 aliphatic carbocycles. The molecule has 1 aromatic heterocycles. The number of oxime groups is 1. The number of rotatable bonds is 4. The van der Waals surface area contributed by atoms with Crippen LogP contribution >= 0.6 is 31.9 Å². The van der Waals surface area contributed by atoms with Crippen LogP contribution in [0.15, 0.2) is 32.4 Å². The first-order valence-electron chi connectivity index (χ1n) is 5.89. The van der Waals surface area contributed by atoms with Gasteiger partial charge in [-0.25, -0.2) is 4.79 Å². The number of nitrogens with one attached hydrogen (secondary N) is 1. The van der Waals surface area contributed by atoms with Crippen molar-refractivity contribution in [1.29, 1.82) is 0 Å². The number of fused-ring (bicyclic) bond motifs is 1. The normalized spacial score (nSPS) is 11.8. The lowest BCUT2D eigenvalue weighted by Crippen LogP contribution is -2.19. The summed E-state index contributed by atoms with van der Waals surface area (Å²) in [6.45, 7) is 1.94. The molecule has 0 aliphatic rings. The van der Waals surface area contributed by atoms with Crippen molar-refractivity contribution >= 4 is 54.4 Å². The number of carbonyl (C=O) groups excluding carboxylic acids is 1. The molecule has 20 heavy (non-hydrogen) atoms. The molecule has 0 saturated carbocycles. The van der Waals surface area contributed by atoms with Gasteiger partial charge in [-0.1, -0.05) is 37.0 Å². The Hall–Kier alpha value is -1.34. The number of H-pyrrole nitrogens is 1. The Morgan fingerprint density at radius 1 is 1.45 bits per heavy atom. The van der Waals surface area contributed by atoms with E-state index < -0.39 is 5.97 Å². The number of halogens is 2. The zero-order valence-electron chi connectivity index (χ0n) is 10.6. The van der Waals surface area contributed by atoms with Gasteiger partial charge in [0.25, 0.3) is 0 Å². The molecule has 0 unspecified atom stereocenters. The molecule has 7 heteroatoms. The van der Waals surface area contributed by atoms with Crippen LogP contribution in [-0.2, 0) is 16.0 Å². The van der Waals surface area contributed by atoms with Gasteiger partial charge >= 0.3 is 5.97 Å². The lowest BCUT2D eigenvalue weighted by molar-refractivity contribution is -0.135. The monoisotopic (exact) mass is 402 g/mol. The average Bonchev–Trinajstić information content (AvgIpc) is 2.79. The zero-order valence-corrected chi connectivity index (χ0v) is 13.8. The maximum absolute atomic E-state index is 11.6. The predicted octanol–water partition coefficient (Wildman–Crippen LogP) is 3.63. The summed E-state index contributed by atoms with van der Waals surface area (Å²) in [6, 6.07) is 3.85. The highest BCUT2D eigenvalue weighted by atomic mass is 79.9. The van der Waals surface area contributed by atoms with Crippen LogP contribution in [0.1, 0.15) is 12.5 Å². The van der Waals surface area contributed by atoms with Crippen LogP contribution in [0.5, 0.6) is 0 Å². The second-order valence-electron chi connectivity index (χ2n) is 4.07. The lowest BCUT2D eigenvalue weighted by atomic mass is 10.1. The zero-order chi connectivity index (χ0) is 14.7. The Balaban J connectivity index is 2.37. The van der Waals surface area contributed by atoms with Crippen molar-refractivity contribution in [3.63, 3.8) is 0 Å². The molecular weight excluding hydrogens is 392 g/mol. The Kier molecular flexibility index (Phi) is 4.82. The van der Waals surface area contributed by atoms with E-state index in [4.69, 9.17) is 9.94 Å². The summed E-state index contributed by atoms with van der Waals surface area (Å²) in [5.41, 5.74) is 1.74. The molecule has 0 saturated heterocycles. The Bertz CT molecular complexity index is 680. The fourth-order valence-electron chi connectivity index (χ4n) is 1.93. The van der Waals surface area contributed by atoms with Gasteiger partial charge in [-0.15, -0.1) is 0 Å². The molecule has 5 nitrogen and oxygen atoms in total. The van der Waals surface area contributed by atoms with Crippen molar-refractivity contribution in [3.05, 3.63) is 32.8 Å². The summed E-state index contributed by atoms with van der Waals surface area (Å²) in [5, 5.41) is 12.9. The van der Waals surface area contributed by atoms with Crippen molar-refractivity contribution in [1.82, 2.24) is 4.98 Å². The molecular formula is C13H12Br2N2O3. The quantitative estimate of drug-likeness (QED) is 0.354. The summed E-state index contributed by atoms with van der Waals surface area (Å²) >= 11 is 6.90. The van der Waals surface area contributed by atoms with Gasteiger partial charge in [0.05, 0.1) is 6.61 Å². The van der Waals surface area contributed by atoms with Gasteiger partial charge < -0.3 is 14.9 Å². The van der Waals surface area contributed by atoms with Crippen molar-refractivity contribution < 1.29 is 14.7 Å². The van der Waals surface area contributed by atoms with E-state index in [2.05, 4.69) is 42.0 Å². The van der Waals surface area contributed by atoms with Crippen molar-refractivity contribution in [2.75, 3.05) is 6.61 Å². The summed E-state index contributed by atoms with van der Waals surface area (Å²) < 4.78 is 6.67. The van der Waals surface area contributed by atoms with Crippen molar-refractivity contribution in [3.8, 4) is 0 Å². The van der Waals surface area contributed by atoms with Gasteiger partial charge in [0.1, 0.15) is 0 Å². The van der Waals surface area contributed by atoms with Crippen LogP contribution < -0.4 is 0 Å². The summed E-state index contributed by atoms with van der Waals surface area (Å²) in [7, 11) is 0. The van der Waals surface area contributed by atoms with Gasteiger partial charge in [0.15, 0.2) is 5.71 Å². The lowest BCUT2D eigenvalue weighted by Gasteiger charge is -2.04. The number of aromatic nitrogens is 1. The number of benzene rings is 1. The minimum atomic E-state index is -0.613. The molecule has 1 aromatic carbocycles. The van der Waals surface area contributed by atoms with Crippen LogP contribution in [0.4, 0.5) is 0 Å². The third-order valence-electron chi connectivity index (χ3n) is 2.77. The molecule has 0 amide bonds. The fourth-order valence-corrected chi connectivity index (χ4v) is 3.41. The van der Waals surface area contributed by atoms with Crippen molar-refractivity contribution in [2.45, 2.75) is 13.3 Å². The first-order valence-corrected chi connectivity index (χ1v) is 7.48. The Morgan fingerprint density at radius 3 is 2.85 bits per heavy atom. The Labute approximate surface area is 132 Å². The maximum atomic E-state index is 11.6. The van der Waals surface area contributed by atoms with Gasteiger partial charge in [0, 0.05) is 32.5 Å². The highest BCUT2D eigenvalue weighted by Crippen LogP contribution is 2.31. The summed E-state index contributed by atoms with van der Waals surface area (Å²) in [5.74, 6) is -0.613. The van der Waals surface area contributed by atoms with E-state index >= 15 is 0 Å². The molecule has 2 aromatic rings. The molecule has 1 heterocycles. The first-order chi connectivity index (χ1) is 9.56. The minimum absolute atomic E-state index is 0.0254. The third-order valence-corrected chi connectivity index (χ3v) is 3.85. The number of nitrogens with zero attached hydrogens (tertiary/aromatic N) is 1. The van der Waals surface area contributed by atoms with E-state index in [1.54, 1.807) is 13.1 Å². The number of hydrogen-bond donors (Lipinski definition) is 2. The SMILES string of the molecule is CCOC(=O)/C(Cc1c[nH]c2cc(Br)cc(Br)c12)=N/O. The highest BCUT2D eigenvalue weighted by molar-refractivity contribution is 9.11.